The van der Waals surface area contributed by atoms with Crippen molar-refractivity contribution in [3.8, 4) is 0 Å². The number of hydrogen-bond acceptors (Lipinski definition) is 3. The Kier molecular flexibility index (Phi) is 4.81. The largest absolute Gasteiger partial charge is 0.396 e. The molecule has 0 aromatic heterocycles. The van der Waals surface area contributed by atoms with Crippen molar-refractivity contribution in [3.05, 3.63) is 35.9 Å². The molecule has 2 aliphatic rings. The molecule has 1 aromatic rings. The van der Waals surface area contributed by atoms with Gasteiger partial charge in [-0.25, -0.2) is 4.79 Å². The molecular formula is C17H23N3O3. The highest BCUT2D eigenvalue weighted by Crippen LogP contribution is 2.26. The average molecular weight is 317 g/mol. The number of carbonyl (C=O) groups is 2. The molecule has 2 fully saturated rings. The minimum atomic E-state index is -0.193. The van der Waals surface area contributed by atoms with Gasteiger partial charge in [-0.1, -0.05) is 30.3 Å². The molecule has 1 heterocycles. The lowest BCUT2D eigenvalue weighted by Crippen LogP contribution is -2.53. The lowest BCUT2D eigenvalue weighted by Gasteiger charge is -2.36. The van der Waals surface area contributed by atoms with E-state index in [9.17, 15) is 9.59 Å². The molecule has 1 unspecified atom stereocenters. The third-order valence-electron chi connectivity index (χ3n) is 4.67. The minimum Gasteiger partial charge on any atom is -0.396 e. The highest BCUT2D eigenvalue weighted by Gasteiger charge is 2.31. The molecule has 1 atom stereocenters. The molecule has 3 N–H and O–H groups in total. The van der Waals surface area contributed by atoms with E-state index < -0.39 is 0 Å². The molecule has 1 saturated heterocycles. The van der Waals surface area contributed by atoms with Crippen molar-refractivity contribution >= 4 is 11.9 Å². The number of rotatable bonds is 5. The third kappa shape index (κ3) is 3.82. The first-order valence-electron chi connectivity index (χ1n) is 8.16. The maximum atomic E-state index is 12.2. The fraction of sp³-hybridized carbons (Fsp3) is 0.529. The minimum absolute atomic E-state index is 0.0138. The van der Waals surface area contributed by atoms with Crippen molar-refractivity contribution < 1.29 is 14.7 Å². The highest BCUT2D eigenvalue weighted by atomic mass is 16.3. The number of hydrogen-bond donors (Lipinski definition) is 3. The first kappa shape index (κ1) is 15.8. The van der Waals surface area contributed by atoms with Crippen LogP contribution in [0.1, 0.15) is 30.9 Å². The van der Waals surface area contributed by atoms with E-state index in [2.05, 4.69) is 10.6 Å². The molecule has 6 heteroatoms. The van der Waals surface area contributed by atoms with Gasteiger partial charge in [-0.05, 0) is 30.7 Å². The maximum Gasteiger partial charge on any atom is 0.318 e. The topological polar surface area (TPSA) is 81.7 Å². The second-order valence-corrected chi connectivity index (χ2v) is 6.41. The summed E-state index contributed by atoms with van der Waals surface area (Å²) in [5, 5.41) is 14.9. The summed E-state index contributed by atoms with van der Waals surface area (Å²) in [7, 11) is 0. The summed E-state index contributed by atoms with van der Waals surface area (Å²) >= 11 is 0. The Morgan fingerprint density at radius 2 is 2.04 bits per heavy atom. The van der Waals surface area contributed by atoms with E-state index in [-0.39, 0.29) is 37.2 Å². The summed E-state index contributed by atoms with van der Waals surface area (Å²) in [4.78, 5) is 25.7. The van der Waals surface area contributed by atoms with Crippen molar-refractivity contribution in [3.63, 3.8) is 0 Å². The summed E-state index contributed by atoms with van der Waals surface area (Å²) in [6.45, 7) is 0.845. The summed E-state index contributed by atoms with van der Waals surface area (Å²) < 4.78 is 0. The second-order valence-electron chi connectivity index (χ2n) is 6.41. The molecule has 23 heavy (non-hydrogen) atoms. The molecule has 1 aromatic carbocycles. The lowest BCUT2D eigenvalue weighted by atomic mass is 9.81. The fourth-order valence-electron chi connectivity index (χ4n) is 3.23. The van der Waals surface area contributed by atoms with Gasteiger partial charge in [-0.3, -0.25) is 4.79 Å². The standard InChI is InChI=1S/C17H23N3O3/c21-11-12-8-14(9-12)18-16(22)10-20-7-6-15(19-17(20)23)13-4-2-1-3-5-13/h1-5,12,14-15,21H,6-11H2,(H,18,22)(H,19,23). The van der Waals surface area contributed by atoms with Crippen molar-refractivity contribution in [1.29, 1.82) is 0 Å². The zero-order valence-corrected chi connectivity index (χ0v) is 13.1. The van der Waals surface area contributed by atoms with Crippen molar-refractivity contribution in [2.24, 2.45) is 5.92 Å². The number of aliphatic hydroxyl groups is 1. The molecule has 0 radical (unpaired) electrons. The zero-order chi connectivity index (χ0) is 16.2. The van der Waals surface area contributed by atoms with E-state index in [1.165, 1.54) is 0 Å². The zero-order valence-electron chi connectivity index (χ0n) is 13.1. The van der Waals surface area contributed by atoms with Crippen LogP contribution in [0.25, 0.3) is 0 Å². The van der Waals surface area contributed by atoms with Crippen LogP contribution in [0.3, 0.4) is 0 Å². The molecule has 0 spiro atoms. The van der Waals surface area contributed by atoms with Gasteiger partial charge in [0.1, 0.15) is 6.54 Å². The SMILES string of the molecule is O=C(CN1CCC(c2ccccc2)NC1=O)NC1CC(CO)C1. The van der Waals surface area contributed by atoms with Crippen molar-refractivity contribution in [1.82, 2.24) is 15.5 Å². The van der Waals surface area contributed by atoms with Crippen LogP contribution in [0.5, 0.6) is 0 Å². The normalized spacial score (nSPS) is 27.1. The second kappa shape index (κ2) is 7.00. The molecule has 124 valence electrons. The quantitative estimate of drug-likeness (QED) is 0.759. The molecule has 1 saturated carbocycles. The van der Waals surface area contributed by atoms with E-state index in [1.54, 1.807) is 4.90 Å². The monoisotopic (exact) mass is 317 g/mol. The van der Waals surface area contributed by atoms with Crippen LogP contribution >= 0.6 is 0 Å². The van der Waals surface area contributed by atoms with Gasteiger partial charge in [-0.15, -0.1) is 0 Å². The van der Waals surface area contributed by atoms with Crippen LogP contribution < -0.4 is 10.6 Å². The number of carbonyl (C=O) groups excluding carboxylic acids is 2. The highest BCUT2D eigenvalue weighted by molar-refractivity contribution is 5.84. The van der Waals surface area contributed by atoms with E-state index >= 15 is 0 Å². The van der Waals surface area contributed by atoms with Gasteiger partial charge in [0.05, 0.1) is 6.04 Å². The summed E-state index contributed by atoms with van der Waals surface area (Å²) in [5.74, 6) is 0.185. The molecule has 1 aliphatic carbocycles. The Morgan fingerprint density at radius 3 is 2.70 bits per heavy atom. The third-order valence-corrected chi connectivity index (χ3v) is 4.67. The van der Waals surface area contributed by atoms with Gasteiger partial charge < -0.3 is 20.6 Å². The van der Waals surface area contributed by atoms with Crippen LogP contribution in [-0.2, 0) is 4.79 Å². The van der Waals surface area contributed by atoms with Crippen LogP contribution in [0.15, 0.2) is 30.3 Å². The molecule has 0 bridgehead atoms. The number of nitrogens with one attached hydrogen (secondary N) is 2. The van der Waals surface area contributed by atoms with Gasteiger partial charge in [0.15, 0.2) is 0 Å². The van der Waals surface area contributed by atoms with E-state index in [0.29, 0.717) is 12.5 Å². The Balaban J connectivity index is 1.45. The van der Waals surface area contributed by atoms with E-state index in [4.69, 9.17) is 5.11 Å². The van der Waals surface area contributed by atoms with Gasteiger partial charge in [0.25, 0.3) is 0 Å². The van der Waals surface area contributed by atoms with E-state index in [0.717, 1.165) is 24.8 Å². The predicted molar refractivity (Wildman–Crippen MR) is 85.6 cm³/mol. The van der Waals surface area contributed by atoms with Gasteiger partial charge in [-0.2, -0.15) is 0 Å². The number of nitrogens with zero attached hydrogens (tertiary/aromatic N) is 1. The van der Waals surface area contributed by atoms with Gasteiger partial charge in [0, 0.05) is 19.2 Å². The van der Waals surface area contributed by atoms with Crippen molar-refractivity contribution in [2.45, 2.75) is 31.3 Å². The van der Waals surface area contributed by atoms with Crippen LogP contribution in [-0.4, -0.2) is 47.7 Å². The summed E-state index contributed by atoms with van der Waals surface area (Å²) in [6.07, 6.45) is 2.44. The van der Waals surface area contributed by atoms with Crippen LogP contribution in [0, 0.1) is 5.92 Å². The maximum absolute atomic E-state index is 12.2. The van der Waals surface area contributed by atoms with Gasteiger partial charge in [0.2, 0.25) is 5.91 Å². The Labute approximate surface area is 135 Å². The smallest absolute Gasteiger partial charge is 0.318 e. The fourth-order valence-corrected chi connectivity index (χ4v) is 3.23. The number of aliphatic hydroxyl groups excluding tert-OH is 1. The first-order valence-corrected chi connectivity index (χ1v) is 8.16. The Bertz CT molecular complexity index is 557. The number of benzene rings is 1. The predicted octanol–water partition coefficient (Wildman–Crippen LogP) is 1.03. The Hall–Kier alpha value is -2.08. The van der Waals surface area contributed by atoms with Crippen LogP contribution in [0.4, 0.5) is 4.79 Å². The number of urea groups is 1. The average Bonchev–Trinajstić information content (AvgIpc) is 2.53. The molecule has 3 rings (SSSR count). The number of amides is 3. The lowest BCUT2D eigenvalue weighted by molar-refractivity contribution is -0.123. The molecule has 1 aliphatic heterocycles. The summed E-state index contributed by atoms with van der Waals surface area (Å²) in [6, 6.07) is 9.83. The summed E-state index contributed by atoms with van der Waals surface area (Å²) in [5.41, 5.74) is 1.09. The molecule has 6 nitrogen and oxygen atoms in total. The molecular weight excluding hydrogens is 294 g/mol. The molecule has 3 amide bonds. The van der Waals surface area contributed by atoms with Crippen LogP contribution in [0.2, 0.25) is 0 Å². The first-order chi connectivity index (χ1) is 11.2. The van der Waals surface area contributed by atoms with Gasteiger partial charge >= 0.3 is 6.03 Å². The Morgan fingerprint density at radius 1 is 1.30 bits per heavy atom. The van der Waals surface area contributed by atoms with Crippen molar-refractivity contribution in [2.75, 3.05) is 19.7 Å². The van der Waals surface area contributed by atoms with E-state index in [1.807, 2.05) is 30.3 Å².